The van der Waals surface area contributed by atoms with Gasteiger partial charge in [0.05, 0.1) is 5.75 Å². The van der Waals surface area contributed by atoms with Crippen LogP contribution in [0.2, 0.25) is 5.02 Å². The van der Waals surface area contributed by atoms with Crippen LogP contribution in [-0.4, -0.2) is 29.3 Å². The van der Waals surface area contributed by atoms with Gasteiger partial charge in [-0.15, -0.1) is 11.8 Å². The molecule has 116 valence electrons. The van der Waals surface area contributed by atoms with Gasteiger partial charge in [-0.1, -0.05) is 37.1 Å². The van der Waals surface area contributed by atoms with E-state index in [1.54, 1.807) is 0 Å². The molecule has 1 atom stereocenters. The number of carboxylic acid groups (broad SMARTS) is 1. The van der Waals surface area contributed by atoms with Crippen LogP contribution in [0.3, 0.4) is 0 Å². The first kappa shape index (κ1) is 17.9. The zero-order valence-electron chi connectivity index (χ0n) is 12.0. The average Bonchev–Trinajstić information content (AvgIpc) is 2.45. The van der Waals surface area contributed by atoms with Crippen LogP contribution in [0.5, 0.6) is 0 Å². The summed E-state index contributed by atoms with van der Waals surface area (Å²) in [4.78, 5) is 22.3. The summed E-state index contributed by atoms with van der Waals surface area (Å²) in [6, 6.07) is 7.53. The standard InChI is InChI=1S/C15H20ClNO3S/c1-2-11(7-15(19)20)8-17-14(18)10-21-9-12-3-5-13(16)6-4-12/h3-6,11H,2,7-10H2,1H3,(H,17,18)(H,19,20). The normalized spacial score (nSPS) is 11.9. The first-order valence-electron chi connectivity index (χ1n) is 6.82. The third-order valence-electron chi connectivity index (χ3n) is 3.04. The van der Waals surface area contributed by atoms with Gasteiger partial charge in [-0.2, -0.15) is 0 Å². The predicted octanol–water partition coefficient (Wildman–Crippen LogP) is 3.19. The Morgan fingerprint density at radius 2 is 2.00 bits per heavy atom. The van der Waals surface area contributed by atoms with Gasteiger partial charge in [-0.3, -0.25) is 9.59 Å². The third kappa shape index (κ3) is 7.97. The molecule has 4 nitrogen and oxygen atoms in total. The summed E-state index contributed by atoms with van der Waals surface area (Å²) in [7, 11) is 0. The quantitative estimate of drug-likeness (QED) is 0.730. The minimum Gasteiger partial charge on any atom is -0.481 e. The molecular weight excluding hydrogens is 310 g/mol. The van der Waals surface area contributed by atoms with Crippen LogP contribution in [0, 0.1) is 5.92 Å². The fourth-order valence-electron chi connectivity index (χ4n) is 1.76. The lowest BCUT2D eigenvalue weighted by Gasteiger charge is -2.13. The van der Waals surface area contributed by atoms with Crippen molar-refractivity contribution in [3.8, 4) is 0 Å². The fourth-order valence-corrected chi connectivity index (χ4v) is 2.70. The van der Waals surface area contributed by atoms with Gasteiger partial charge < -0.3 is 10.4 Å². The molecule has 1 aromatic rings. The minimum absolute atomic E-state index is 0.00675. The number of carboxylic acids is 1. The van der Waals surface area contributed by atoms with E-state index in [2.05, 4.69) is 5.32 Å². The molecule has 1 unspecified atom stereocenters. The molecule has 1 amide bonds. The van der Waals surface area contributed by atoms with Crippen molar-refractivity contribution in [1.82, 2.24) is 5.32 Å². The second-order valence-corrected chi connectivity index (χ2v) is 6.22. The van der Waals surface area contributed by atoms with Gasteiger partial charge in [-0.25, -0.2) is 0 Å². The molecule has 0 aliphatic heterocycles. The van der Waals surface area contributed by atoms with E-state index in [4.69, 9.17) is 16.7 Å². The molecule has 0 saturated carbocycles. The lowest BCUT2D eigenvalue weighted by atomic mass is 10.0. The van der Waals surface area contributed by atoms with Crippen molar-refractivity contribution in [2.24, 2.45) is 5.92 Å². The van der Waals surface area contributed by atoms with E-state index < -0.39 is 5.97 Å². The summed E-state index contributed by atoms with van der Waals surface area (Å²) in [5, 5.41) is 12.2. The first-order chi connectivity index (χ1) is 10.0. The van der Waals surface area contributed by atoms with E-state index in [9.17, 15) is 9.59 Å². The summed E-state index contributed by atoms with van der Waals surface area (Å²) < 4.78 is 0. The van der Waals surface area contributed by atoms with Crippen LogP contribution in [0.15, 0.2) is 24.3 Å². The molecule has 0 fully saturated rings. The Hall–Kier alpha value is -1.20. The Morgan fingerprint density at radius 3 is 2.57 bits per heavy atom. The van der Waals surface area contributed by atoms with Crippen molar-refractivity contribution in [3.05, 3.63) is 34.9 Å². The van der Waals surface area contributed by atoms with Gasteiger partial charge in [0.25, 0.3) is 0 Å². The molecule has 1 rings (SSSR count). The second kappa shape index (κ2) is 9.68. The molecule has 1 aromatic carbocycles. The summed E-state index contributed by atoms with van der Waals surface area (Å²) >= 11 is 7.33. The van der Waals surface area contributed by atoms with Gasteiger partial charge in [-0.05, 0) is 23.6 Å². The van der Waals surface area contributed by atoms with Crippen LogP contribution in [0.25, 0.3) is 0 Å². The van der Waals surface area contributed by atoms with Crippen molar-refractivity contribution in [3.63, 3.8) is 0 Å². The van der Waals surface area contributed by atoms with Crippen molar-refractivity contribution in [1.29, 1.82) is 0 Å². The minimum atomic E-state index is -0.826. The summed E-state index contributed by atoms with van der Waals surface area (Å²) in [6.45, 7) is 2.35. The van der Waals surface area contributed by atoms with E-state index >= 15 is 0 Å². The number of rotatable bonds is 9. The molecule has 0 aromatic heterocycles. The maximum Gasteiger partial charge on any atom is 0.303 e. The van der Waals surface area contributed by atoms with E-state index in [-0.39, 0.29) is 18.2 Å². The van der Waals surface area contributed by atoms with Crippen LogP contribution in [-0.2, 0) is 15.3 Å². The van der Waals surface area contributed by atoms with Crippen molar-refractivity contribution >= 4 is 35.2 Å². The van der Waals surface area contributed by atoms with E-state index in [1.165, 1.54) is 11.8 Å². The van der Waals surface area contributed by atoms with Gasteiger partial charge >= 0.3 is 5.97 Å². The molecule has 0 saturated heterocycles. The highest BCUT2D eigenvalue weighted by molar-refractivity contribution is 7.99. The Balaban J connectivity index is 2.21. The average molecular weight is 330 g/mol. The number of amides is 1. The number of carbonyl (C=O) groups is 2. The van der Waals surface area contributed by atoms with Gasteiger partial charge in [0.2, 0.25) is 5.91 Å². The van der Waals surface area contributed by atoms with E-state index in [1.807, 2.05) is 31.2 Å². The first-order valence-corrected chi connectivity index (χ1v) is 8.35. The van der Waals surface area contributed by atoms with Crippen LogP contribution in [0.4, 0.5) is 0 Å². The molecule has 0 bridgehead atoms. The number of benzene rings is 1. The highest BCUT2D eigenvalue weighted by atomic mass is 35.5. The highest BCUT2D eigenvalue weighted by Crippen LogP contribution is 2.15. The molecule has 0 spiro atoms. The number of halogens is 1. The number of hydrogen-bond acceptors (Lipinski definition) is 3. The van der Waals surface area contributed by atoms with E-state index in [0.29, 0.717) is 17.3 Å². The van der Waals surface area contributed by atoms with Crippen LogP contribution >= 0.6 is 23.4 Å². The number of thioether (sulfide) groups is 1. The number of carbonyl (C=O) groups excluding carboxylic acids is 1. The van der Waals surface area contributed by atoms with Crippen molar-refractivity contribution in [2.45, 2.75) is 25.5 Å². The van der Waals surface area contributed by atoms with Gasteiger partial charge in [0, 0.05) is 23.7 Å². The maximum absolute atomic E-state index is 11.7. The predicted molar refractivity (Wildman–Crippen MR) is 86.7 cm³/mol. The number of nitrogens with one attached hydrogen (secondary N) is 1. The lowest BCUT2D eigenvalue weighted by molar-refractivity contribution is -0.138. The smallest absolute Gasteiger partial charge is 0.303 e. The molecular formula is C15H20ClNO3S. The molecule has 0 radical (unpaired) electrons. The maximum atomic E-state index is 11.7. The molecule has 0 aliphatic carbocycles. The monoisotopic (exact) mass is 329 g/mol. The second-order valence-electron chi connectivity index (χ2n) is 4.80. The summed E-state index contributed by atoms with van der Waals surface area (Å²) in [5.74, 6) is 0.224. The molecule has 0 heterocycles. The Morgan fingerprint density at radius 1 is 1.33 bits per heavy atom. The summed E-state index contributed by atoms with van der Waals surface area (Å²) in [6.07, 6.45) is 0.833. The lowest BCUT2D eigenvalue weighted by Crippen LogP contribution is -2.31. The number of hydrogen-bond donors (Lipinski definition) is 2. The van der Waals surface area contributed by atoms with Crippen LogP contribution < -0.4 is 5.32 Å². The van der Waals surface area contributed by atoms with Gasteiger partial charge in [0.15, 0.2) is 0 Å². The van der Waals surface area contributed by atoms with E-state index in [0.717, 1.165) is 17.7 Å². The summed E-state index contributed by atoms with van der Waals surface area (Å²) in [5.41, 5.74) is 1.12. The Kier molecular flexibility index (Phi) is 8.23. The Bertz CT molecular complexity index is 464. The highest BCUT2D eigenvalue weighted by Gasteiger charge is 2.12. The number of aliphatic carboxylic acids is 1. The Labute approximate surface area is 134 Å². The fraction of sp³-hybridized carbons (Fsp3) is 0.467. The van der Waals surface area contributed by atoms with Crippen molar-refractivity contribution < 1.29 is 14.7 Å². The van der Waals surface area contributed by atoms with Crippen molar-refractivity contribution in [2.75, 3.05) is 12.3 Å². The largest absolute Gasteiger partial charge is 0.481 e. The molecule has 21 heavy (non-hydrogen) atoms. The SMILES string of the molecule is CCC(CNC(=O)CSCc1ccc(Cl)cc1)CC(=O)O. The molecule has 0 aliphatic rings. The van der Waals surface area contributed by atoms with Crippen LogP contribution in [0.1, 0.15) is 25.3 Å². The third-order valence-corrected chi connectivity index (χ3v) is 4.30. The molecule has 6 heteroatoms. The molecule has 2 N–H and O–H groups in total. The zero-order valence-corrected chi connectivity index (χ0v) is 13.5. The zero-order chi connectivity index (χ0) is 15.7. The topological polar surface area (TPSA) is 66.4 Å². The van der Waals surface area contributed by atoms with Gasteiger partial charge in [0.1, 0.15) is 0 Å².